The average Bonchev–Trinajstić information content (AvgIpc) is 3.31. The number of hydrogen-bond donors (Lipinski definition) is 1. The number of amides is 1. The Morgan fingerprint density at radius 1 is 1.46 bits per heavy atom. The van der Waals surface area contributed by atoms with E-state index in [2.05, 4.69) is 16.4 Å². The van der Waals surface area contributed by atoms with Crippen molar-refractivity contribution in [2.75, 3.05) is 33.4 Å². The van der Waals surface area contributed by atoms with Crippen LogP contribution in [-0.4, -0.2) is 49.1 Å². The second kappa shape index (κ2) is 8.37. The molecule has 1 fully saturated rings. The van der Waals surface area contributed by atoms with Crippen LogP contribution in [0.15, 0.2) is 35.8 Å². The summed E-state index contributed by atoms with van der Waals surface area (Å²) >= 11 is 1.57. The Kier molecular flexibility index (Phi) is 5.96. The lowest BCUT2D eigenvalue weighted by molar-refractivity contribution is 0.0678. The first-order valence-corrected chi connectivity index (χ1v) is 9.13. The fourth-order valence-electron chi connectivity index (χ4n) is 3.09. The highest BCUT2D eigenvalue weighted by Crippen LogP contribution is 2.27. The van der Waals surface area contributed by atoms with Gasteiger partial charge in [-0.05, 0) is 30.5 Å². The number of nitrogens with one attached hydrogen (secondary N) is 1. The molecule has 0 saturated carbocycles. The molecular formula is C18H23N3O2S. The van der Waals surface area contributed by atoms with Crippen molar-refractivity contribution in [3.8, 4) is 0 Å². The van der Waals surface area contributed by atoms with Crippen LogP contribution in [0.2, 0.25) is 0 Å². The van der Waals surface area contributed by atoms with Gasteiger partial charge < -0.3 is 15.0 Å². The SMILES string of the molecule is COCCN(Cc1nccs1)C(=O)c1ccccc1[C@H]1CCNC1. The molecule has 0 bridgehead atoms. The van der Waals surface area contributed by atoms with E-state index >= 15 is 0 Å². The normalized spacial score (nSPS) is 17.1. The molecule has 2 heterocycles. The van der Waals surface area contributed by atoms with E-state index in [0.29, 0.717) is 25.6 Å². The van der Waals surface area contributed by atoms with Crippen molar-refractivity contribution >= 4 is 17.2 Å². The van der Waals surface area contributed by atoms with Gasteiger partial charge >= 0.3 is 0 Å². The fourth-order valence-corrected chi connectivity index (χ4v) is 3.72. The third-order valence-electron chi connectivity index (χ3n) is 4.35. The number of hydrogen-bond acceptors (Lipinski definition) is 5. The van der Waals surface area contributed by atoms with Crippen molar-refractivity contribution in [2.24, 2.45) is 0 Å². The smallest absolute Gasteiger partial charge is 0.254 e. The van der Waals surface area contributed by atoms with Crippen molar-refractivity contribution in [2.45, 2.75) is 18.9 Å². The lowest BCUT2D eigenvalue weighted by atomic mass is 9.93. The molecule has 5 nitrogen and oxygen atoms in total. The van der Waals surface area contributed by atoms with E-state index in [-0.39, 0.29) is 5.91 Å². The molecule has 1 amide bonds. The predicted octanol–water partition coefficient (Wildman–Crippen LogP) is 2.51. The van der Waals surface area contributed by atoms with Crippen molar-refractivity contribution in [3.63, 3.8) is 0 Å². The highest BCUT2D eigenvalue weighted by atomic mass is 32.1. The second-order valence-electron chi connectivity index (χ2n) is 5.92. The van der Waals surface area contributed by atoms with Gasteiger partial charge in [-0.1, -0.05) is 18.2 Å². The van der Waals surface area contributed by atoms with Crippen LogP contribution in [0, 0.1) is 0 Å². The fraction of sp³-hybridized carbons (Fsp3) is 0.444. The third-order valence-corrected chi connectivity index (χ3v) is 5.12. The molecule has 1 saturated heterocycles. The minimum atomic E-state index is 0.0600. The van der Waals surface area contributed by atoms with Gasteiger partial charge in [-0.3, -0.25) is 4.79 Å². The zero-order valence-electron chi connectivity index (χ0n) is 13.9. The van der Waals surface area contributed by atoms with Crippen molar-refractivity contribution < 1.29 is 9.53 Å². The van der Waals surface area contributed by atoms with Gasteiger partial charge in [-0.15, -0.1) is 11.3 Å². The number of carbonyl (C=O) groups excluding carboxylic acids is 1. The number of nitrogens with zero attached hydrogens (tertiary/aromatic N) is 2. The van der Waals surface area contributed by atoms with E-state index in [9.17, 15) is 4.79 Å². The highest BCUT2D eigenvalue weighted by molar-refractivity contribution is 7.09. The summed E-state index contributed by atoms with van der Waals surface area (Å²) in [5, 5.41) is 6.26. The summed E-state index contributed by atoms with van der Waals surface area (Å²) < 4.78 is 5.19. The molecule has 1 aromatic carbocycles. The van der Waals surface area contributed by atoms with E-state index in [1.807, 2.05) is 28.5 Å². The standard InChI is InChI=1S/C18H23N3O2S/c1-23-10-9-21(13-17-20-8-11-24-17)18(22)16-5-3-2-4-15(16)14-6-7-19-12-14/h2-5,8,11,14,19H,6-7,9-10,12-13H2,1H3/t14-/m0/s1. The second-order valence-corrected chi connectivity index (χ2v) is 6.90. The van der Waals surface area contributed by atoms with Gasteiger partial charge in [0.05, 0.1) is 13.2 Å². The molecule has 1 aliphatic rings. The first-order valence-electron chi connectivity index (χ1n) is 8.26. The van der Waals surface area contributed by atoms with E-state index in [1.165, 1.54) is 0 Å². The summed E-state index contributed by atoms with van der Waals surface area (Å²) in [5.41, 5.74) is 1.95. The highest BCUT2D eigenvalue weighted by Gasteiger charge is 2.25. The summed E-state index contributed by atoms with van der Waals surface area (Å²) in [6.07, 6.45) is 2.85. The molecular weight excluding hydrogens is 322 g/mol. The molecule has 1 atom stereocenters. The lowest BCUT2D eigenvalue weighted by Crippen LogP contribution is -2.34. The van der Waals surface area contributed by atoms with Gasteiger partial charge in [-0.2, -0.15) is 0 Å². The first kappa shape index (κ1) is 17.1. The lowest BCUT2D eigenvalue weighted by Gasteiger charge is -2.24. The van der Waals surface area contributed by atoms with Crippen LogP contribution >= 0.6 is 11.3 Å². The Hall–Kier alpha value is -1.76. The van der Waals surface area contributed by atoms with E-state index in [1.54, 1.807) is 24.6 Å². The van der Waals surface area contributed by atoms with E-state index < -0.39 is 0 Å². The summed E-state index contributed by atoms with van der Waals surface area (Å²) in [6, 6.07) is 7.99. The number of thiazole rings is 1. The third kappa shape index (κ3) is 4.01. The van der Waals surface area contributed by atoms with Gasteiger partial charge in [-0.25, -0.2) is 4.98 Å². The Labute approximate surface area is 146 Å². The number of ether oxygens (including phenoxy) is 1. The zero-order chi connectivity index (χ0) is 16.8. The molecule has 1 aliphatic heterocycles. The maximum absolute atomic E-state index is 13.2. The Bertz CT molecular complexity index is 654. The molecule has 24 heavy (non-hydrogen) atoms. The number of methoxy groups -OCH3 is 1. The maximum atomic E-state index is 13.2. The molecule has 1 aromatic heterocycles. The van der Waals surface area contributed by atoms with Crippen molar-refractivity contribution in [3.05, 3.63) is 52.0 Å². The first-order chi connectivity index (χ1) is 11.8. The number of rotatable bonds is 7. The number of benzene rings is 1. The van der Waals surface area contributed by atoms with Crippen LogP contribution in [0.1, 0.15) is 33.3 Å². The monoisotopic (exact) mass is 345 g/mol. The van der Waals surface area contributed by atoms with E-state index in [4.69, 9.17) is 4.74 Å². The van der Waals surface area contributed by atoms with E-state index in [0.717, 1.165) is 35.6 Å². The van der Waals surface area contributed by atoms with Crippen LogP contribution in [0.3, 0.4) is 0 Å². The number of aromatic nitrogens is 1. The predicted molar refractivity (Wildman–Crippen MR) is 95.4 cm³/mol. The molecule has 0 aliphatic carbocycles. The summed E-state index contributed by atoms with van der Waals surface area (Å²) in [4.78, 5) is 19.3. The Morgan fingerprint density at radius 2 is 2.33 bits per heavy atom. The largest absolute Gasteiger partial charge is 0.383 e. The maximum Gasteiger partial charge on any atom is 0.254 e. The zero-order valence-corrected chi connectivity index (χ0v) is 14.7. The van der Waals surface area contributed by atoms with Gasteiger partial charge in [0, 0.05) is 37.3 Å². The van der Waals surface area contributed by atoms with Gasteiger partial charge in [0.1, 0.15) is 5.01 Å². The topological polar surface area (TPSA) is 54.5 Å². The van der Waals surface area contributed by atoms with Gasteiger partial charge in [0.2, 0.25) is 0 Å². The van der Waals surface area contributed by atoms with Crippen LogP contribution in [-0.2, 0) is 11.3 Å². The summed E-state index contributed by atoms with van der Waals surface area (Å²) in [5.74, 6) is 0.471. The Morgan fingerprint density at radius 3 is 3.04 bits per heavy atom. The molecule has 0 spiro atoms. The minimum Gasteiger partial charge on any atom is -0.383 e. The minimum absolute atomic E-state index is 0.0600. The van der Waals surface area contributed by atoms with Crippen molar-refractivity contribution in [1.82, 2.24) is 15.2 Å². The molecule has 3 rings (SSSR count). The molecule has 6 heteroatoms. The van der Waals surface area contributed by atoms with Crippen LogP contribution in [0.4, 0.5) is 0 Å². The van der Waals surface area contributed by atoms with Gasteiger partial charge in [0.15, 0.2) is 0 Å². The quantitative estimate of drug-likeness (QED) is 0.838. The molecule has 128 valence electrons. The molecule has 2 aromatic rings. The average molecular weight is 345 g/mol. The summed E-state index contributed by atoms with van der Waals surface area (Å²) in [7, 11) is 1.66. The van der Waals surface area contributed by atoms with Gasteiger partial charge in [0.25, 0.3) is 5.91 Å². The van der Waals surface area contributed by atoms with Crippen LogP contribution in [0.25, 0.3) is 0 Å². The van der Waals surface area contributed by atoms with Crippen LogP contribution in [0.5, 0.6) is 0 Å². The number of carbonyl (C=O) groups is 1. The molecule has 0 unspecified atom stereocenters. The Balaban J connectivity index is 1.83. The summed E-state index contributed by atoms with van der Waals surface area (Å²) in [6.45, 7) is 3.56. The van der Waals surface area contributed by atoms with Crippen molar-refractivity contribution in [1.29, 1.82) is 0 Å². The van der Waals surface area contributed by atoms with Crippen LogP contribution < -0.4 is 5.32 Å². The molecule has 1 N–H and O–H groups in total. The molecule has 0 radical (unpaired) electrons.